The highest BCUT2D eigenvalue weighted by molar-refractivity contribution is 5.79. The number of anilines is 1. The van der Waals surface area contributed by atoms with E-state index in [1.54, 1.807) is 30.8 Å². The van der Waals surface area contributed by atoms with Gasteiger partial charge in [-0.25, -0.2) is 19.2 Å². The van der Waals surface area contributed by atoms with Crippen LogP contribution < -0.4 is 10.6 Å². The topological polar surface area (TPSA) is 101 Å². The molecule has 0 unspecified atom stereocenters. The van der Waals surface area contributed by atoms with Gasteiger partial charge in [-0.1, -0.05) is 30.3 Å². The molecule has 0 bridgehead atoms. The molecule has 10 heteroatoms. The monoisotopic (exact) mass is 525 g/mol. The molecule has 2 aromatic carbocycles. The lowest BCUT2D eigenvalue weighted by atomic mass is 10.1. The van der Waals surface area contributed by atoms with E-state index in [0.717, 1.165) is 29.7 Å². The molecule has 1 aliphatic heterocycles. The van der Waals surface area contributed by atoms with E-state index in [-0.39, 0.29) is 23.9 Å². The molecule has 1 fully saturated rings. The molecule has 1 aliphatic rings. The number of imidazole rings is 1. The lowest BCUT2D eigenvalue weighted by Crippen LogP contribution is -2.47. The van der Waals surface area contributed by atoms with E-state index in [4.69, 9.17) is 9.40 Å². The fourth-order valence-corrected chi connectivity index (χ4v) is 4.91. The van der Waals surface area contributed by atoms with Gasteiger partial charge in [0.15, 0.2) is 0 Å². The molecule has 39 heavy (non-hydrogen) atoms. The van der Waals surface area contributed by atoms with Crippen LogP contribution in [0.25, 0.3) is 28.5 Å². The highest BCUT2D eigenvalue weighted by atomic mass is 19.1. The van der Waals surface area contributed by atoms with Crippen LogP contribution in [-0.2, 0) is 0 Å². The summed E-state index contributed by atoms with van der Waals surface area (Å²) in [5.41, 5.74) is 3.86. The second-order valence-electron chi connectivity index (χ2n) is 9.62. The van der Waals surface area contributed by atoms with Gasteiger partial charge in [-0.05, 0) is 55.7 Å². The minimum absolute atomic E-state index is 0.0544. The number of nitrogens with one attached hydrogen (secondary N) is 2. The van der Waals surface area contributed by atoms with Crippen LogP contribution in [0.3, 0.4) is 0 Å². The smallest absolute Gasteiger partial charge is 0.317 e. The molecule has 0 spiro atoms. The molecule has 6 rings (SSSR count). The lowest BCUT2D eigenvalue weighted by Gasteiger charge is -2.33. The van der Waals surface area contributed by atoms with Crippen molar-refractivity contribution >= 4 is 17.8 Å². The fraction of sp³-hybridized carbons (Fsp3) is 0.241. The van der Waals surface area contributed by atoms with Crippen molar-refractivity contribution in [3.05, 3.63) is 90.7 Å². The third-order valence-corrected chi connectivity index (χ3v) is 7.03. The van der Waals surface area contributed by atoms with Crippen LogP contribution in [-0.4, -0.2) is 49.4 Å². The predicted octanol–water partition coefficient (Wildman–Crippen LogP) is 5.54. The Hall–Kier alpha value is -4.73. The van der Waals surface area contributed by atoms with E-state index in [2.05, 4.69) is 20.6 Å². The van der Waals surface area contributed by atoms with Gasteiger partial charge in [0, 0.05) is 37.1 Å². The maximum absolute atomic E-state index is 13.5. The third-order valence-electron chi connectivity index (χ3n) is 7.03. The number of rotatable bonds is 6. The van der Waals surface area contributed by atoms with Gasteiger partial charge in [0.05, 0.1) is 11.7 Å². The Morgan fingerprint density at radius 3 is 2.59 bits per heavy atom. The molecule has 1 saturated heterocycles. The van der Waals surface area contributed by atoms with Crippen molar-refractivity contribution in [2.75, 3.05) is 18.4 Å². The SMILES string of the molecule is C[C@H](NC(=O)N1CCC(Nc2nccc(-c3c(-c4ccc(F)cc4)nc4occn34)n2)CC1)c1ccccc1. The van der Waals surface area contributed by atoms with Crippen molar-refractivity contribution in [1.82, 2.24) is 29.6 Å². The quantitative estimate of drug-likeness (QED) is 0.302. The maximum atomic E-state index is 13.5. The van der Waals surface area contributed by atoms with Gasteiger partial charge < -0.3 is 20.0 Å². The average molecular weight is 526 g/mol. The van der Waals surface area contributed by atoms with Crippen LogP contribution in [0.15, 0.2) is 83.7 Å². The fourth-order valence-electron chi connectivity index (χ4n) is 4.91. The van der Waals surface area contributed by atoms with Crippen LogP contribution in [0.1, 0.15) is 31.4 Å². The largest absolute Gasteiger partial charge is 0.432 e. The molecule has 0 aliphatic carbocycles. The third kappa shape index (κ3) is 5.18. The normalized spacial score (nSPS) is 14.9. The number of oxazole rings is 1. The molecule has 198 valence electrons. The number of halogens is 1. The first-order valence-corrected chi connectivity index (χ1v) is 13.0. The van der Waals surface area contributed by atoms with Crippen LogP contribution in [0.2, 0.25) is 0 Å². The molecule has 9 nitrogen and oxygen atoms in total. The maximum Gasteiger partial charge on any atom is 0.317 e. The zero-order valence-electron chi connectivity index (χ0n) is 21.4. The van der Waals surface area contributed by atoms with E-state index < -0.39 is 0 Å². The van der Waals surface area contributed by atoms with Crippen molar-refractivity contribution in [2.45, 2.75) is 31.8 Å². The summed E-state index contributed by atoms with van der Waals surface area (Å²) in [5.74, 6) is 0.604. The minimum atomic E-state index is -0.314. The number of fused-ring (bicyclic) bond motifs is 1. The number of nitrogens with zero attached hydrogens (tertiary/aromatic N) is 5. The van der Waals surface area contributed by atoms with Crippen LogP contribution in [0.4, 0.5) is 15.1 Å². The molecule has 3 aromatic heterocycles. The summed E-state index contributed by atoms with van der Waals surface area (Å²) in [5, 5.41) is 6.53. The van der Waals surface area contributed by atoms with Crippen molar-refractivity contribution in [1.29, 1.82) is 0 Å². The number of hydrogen-bond donors (Lipinski definition) is 2. The Balaban J connectivity index is 1.14. The van der Waals surface area contributed by atoms with Crippen LogP contribution in [0, 0.1) is 5.82 Å². The molecular formula is C29H28FN7O2. The molecule has 5 aromatic rings. The Kier molecular flexibility index (Phi) is 6.66. The number of carbonyl (C=O) groups is 1. The summed E-state index contributed by atoms with van der Waals surface area (Å²) in [4.78, 5) is 28.5. The number of likely N-dealkylation sites (tertiary alicyclic amines) is 1. The van der Waals surface area contributed by atoms with E-state index in [0.29, 0.717) is 36.3 Å². The number of carbonyl (C=O) groups excluding carboxylic acids is 1. The molecule has 2 amide bonds. The summed E-state index contributed by atoms with van der Waals surface area (Å²) in [6, 6.07) is 18.0. The average Bonchev–Trinajstić information content (AvgIpc) is 3.56. The van der Waals surface area contributed by atoms with Crippen LogP contribution >= 0.6 is 0 Å². The highest BCUT2D eigenvalue weighted by Crippen LogP contribution is 2.32. The number of piperidine rings is 1. The van der Waals surface area contributed by atoms with Gasteiger partial charge >= 0.3 is 11.9 Å². The zero-order chi connectivity index (χ0) is 26.8. The Bertz CT molecular complexity index is 1570. The van der Waals surface area contributed by atoms with Gasteiger partial charge in [-0.3, -0.25) is 4.40 Å². The summed E-state index contributed by atoms with van der Waals surface area (Å²) >= 11 is 0. The summed E-state index contributed by atoms with van der Waals surface area (Å²) < 4.78 is 20.9. The van der Waals surface area contributed by atoms with E-state index in [9.17, 15) is 9.18 Å². The minimum Gasteiger partial charge on any atom is -0.432 e. The molecular weight excluding hydrogens is 497 g/mol. The molecule has 0 saturated carbocycles. The zero-order valence-corrected chi connectivity index (χ0v) is 21.4. The van der Waals surface area contributed by atoms with Gasteiger partial charge in [-0.2, -0.15) is 4.98 Å². The van der Waals surface area contributed by atoms with Crippen molar-refractivity contribution in [3.8, 4) is 22.6 Å². The van der Waals surface area contributed by atoms with E-state index in [1.165, 1.54) is 12.1 Å². The van der Waals surface area contributed by atoms with E-state index in [1.807, 2.05) is 52.6 Å². The van der Waals surface area contributed by atoms with Gasteiger partial charge in [0.1, 0.15) is 23.5 Å². The number of benzene rings is 2. The lowest BCUT2D eigenvalue weighted by molar-refractivity contribution is 0.180. The van der Waals surface area contributed by atoms with Crippen molar-refractivity contribution in [3.63, 3.8) is 0 Å². The molecule has 2 N–H and O–H groups in total. The first-order valence-electron chi connectivity index (χ1n) is 13.0. The van der Waals surface area contributed by atoms with E-state index >= 15 is 0 Å². The Morgan fingerprint density at radius 1 is 1.05 bits per heavy atom. The first-order chi connectivity index (χ1) is 19.0. The summed E-state index contributed by atoms with van der Waals surface area (Å²) in [7, 11) is 0. The highest BCUT2D eigenvalue weighted by Gasteiger charge is 2.25. The van der Waals surface area contributed by atoms with Crippen molar-refractivity contribution in [2.24, 2.45) is 0 Å². The Morgan fingerprint density at radius 2 is 1.82 bits per heavy atom. The molecule has 0 radical (unpaired) electrons. The predicted molar refractivity (Wildman–Crippen MR) is 145 cm³/mol. The first kappa shape index (κ1) is 24.6. The number of hydrogen-bond acceptors (Lipinski definition) is 6. The standard InChI is InChI=1S/C29H28FN7O2/c1-19(20-5-3-2-4-6-20)32-28(38)36-15-12-23(13-16-36)33-27-31-14-11-24(34-27)26-25(21-7-9-22(30)10-8-21)35-29-37(26)17-18-39-29/h2-11,14,17-19,23H,12-13,15-16H2,1H3,(H,32,38)(H,31,33,34)/t19-/m0/s1. The van der Waals surface area contributed by atoms with Crippen molar-refractivity contribution < 1.29 is 13.6 Å². The molecule has 1 atom stereocenters. The summed E-state index contributed by atoms with van der Waals surface area (Å²) in [6.07, 6.45) is 6.59. The van der Waals surface area contributed by atoms with Gasteiger partial charge in [0.2, 0.25) is 5.95 Å². The van der Waals surface area contributed by atoms with Gasteiger partial charge in [-0.15, -0.1) is 0 Å². The number of aromatic nitrogens is 4. The number of urea groups is 1. The number of amides is 2. The van der Waals surface area contributed by atoms with Crippen LogP contribution in [0.5, 0.6) is 0 Å². The second kappa shape index (κ2) is 10.6. The molecule has 4 heterocycles. The second-order valence-corrected chi connectivity index (χ2v) is 9.62. The Labute approximate surface area is 224 Å². The summed E-state index contributed by atoms with van der Waals surface area (Å²) in [6.45, 7) is 3.26. The van der Waals surface area contributed by atoms with Gasteiger partial charge in [0.25, 0.3) is 0 Å².